The molecule has 0 aliphatic carbocycles. The summed E-state index contributed by atoms with van der Waals surface area (Å²) in [5, 5.41) is 10.7. The van der Waals surface area contributed by atoms with Crippen LogP contribution in [0.15, 0.2) is 0 Å². The average molecular weight is 1490 g/mol. The van der Waals surface area contributed by atoms with Gasteiger partial charge in [0.25, 0.3) is 0 Å². The maximum absolute atomic E-state index is 13.1. The number of hydrogen-bond donors (Lipinski definition) is 3. The lowest BCUT2D eigenvalue weighted by Gasteiger charge is -2.21. The number of hydrogen-bond acceptors (Lipinski definition) is 15. The number of phosphoric ester groups is 2. The summed E-state index contributed by atoms with van der Waals surface area (Å²) >= 11 is 0. The third-order valence-corrected chi connectivity index (χ3v) is 21.9. The lowest BCUT2D eigenvalue weighted by molar-refractivity contribution is -0.161. The minimum absolute atomic E-state index is 0.106. The zero-order valence-corrected chi connectivity index (χ0v) is 69.0. The molecular weight excluding hydrogens is 1330 g/mol. The number of aliphatic hydroxyl groups excluding tert-OH is 1. The van der Waals surface area contributed by atoms with Crippen LogP contribution in [0.3, 0.4) is 0 Å². The molecule has 17 nitrogen and oxygen atoms in total. The van der Waals surface area contributed by atoms with E-state index in [1.807, 2.05) is 0 Å². The summed E-state index contributed by atoms with van der Waals surface area (Å²) < 4.78 is 68.8. The molecule has 606 valence electrons. The van der Waals surface area contributed by atoms with Gasteiger partial charge >= 0.3 is 39.5 Å². The van der Waals surface area contributed by atoms with Crippen LogP contribution in [0.1, 0.15) is 428 Å². The molecule has 4 unspecified atom stereocenters. The molecule has 0 aliphatic rings. The van der Waals surface area contributed by atoms with Crippen LogP contribution in [0.25, 0.3) is 0 Å². The molecule has 0 saturated heterocycles. The van der Waals surface area contributed by atoms with E-state index in [1.54, 1.807) is 0 Å². The van der Waals surface area contributed by atoms with Crippen LogP contribution < -0.4 is 0 Å². The van der Waals surface area contributed by atoms with Crippen molar-refractivity contribution >= 4 is 39.5 Å². The summed E-state index contributed by atoms with van der Waals surface area (Å²) in [7, 11) is -9.92. The van der Waals surface area contributed by atoms with E-state index in [0.29, 0.717) is 31.6 Å². The van der Waals surface area contributed by atoms with Crippen LogP contribution in [0.2, 0.25) is 0 Å². The van der Waals surface area contributed by atoms with Gasteiger partial charge in [-0.1, -0.05) is 376 Å². The highest BCUT2D eigenvalue weighted by Gasteiger charge is 2.30. The number of ether oxygens (including phenoxy) is 4. The van der Waals surface area contributed by atoms with Crippen LogP contribution in [0, 0.1) is 23.7 Å². The zero-order valence-electron chi connectivity index (χ0n) is 67.2. The van der Waals surface area contributed by atoms with Crippen molar-refractivity contribution in [2.24, 2.45) is 23.7 Å². The second-order valence-corrected chi connectivity index (χ2v) is 34.2. The van der Waals surface area contributed by atoms with Gasteiger partial charge in [-0.25, -0.2) is 9.13 Å². The van der Waals surface area contributed by atoms with E-state index in [2.05, 4.69) is 55.4 Å². The topological polar surface area (TPSA) is 237 Å². The lowest BCUT2D eigenvalue weighted by atomic mass is 9.99. The predicted octanol–water partition coefficient (Wildman–Crippen LogP) is 24.8. The molecule has 3 N–H and O–H groups in total. The Morgan fingerprint density at radius 1 is 0.275 bits per heavy atom. The van der Waals surface area contributed by atoms with E-state index >= 15 is 0 Å². The lowest BCUT2D eigenvalue weighted by Crippen LogP contribution is -2.30. The largest absolute Gasteiger partial charge is 0.472 e. The molecule has 0 aliphatic heterocycles. The van der Waals surface area contributed by atoms with Crippen LogP contribution >= 0.6 is 15.6 Å². The number of carbonyl (C=O) groups is 4. The maximum atomic E-state index is 13.1. The second-order valence-electron chi connectivity index (χ2n) is 31.3. The Morgan fingerprint density at radius 3 is 0.696 bits per heavy atom. The van der Waals surface area contributed by atoms with E-state index in [-0.39, 0.29) is 25.7 Å². The first-order valence-electron chi connectivity index (χ1n) is 42.8. The number of rotatable bonds is 80. The van der Waals surface area contributed by atoms with Crippen molar-refractivity contribution in [1.29, 1.82) is 0 Å². The number of unbranched alkanes of at least 4 members (excludes halogenated alkanes) is 44. The molecular formula is C83H162O17P2. The fraction of sp³-hybridized carbons (Fsp3) is 0.952. The highest BCUT2D eigenvalue weighted by molar-refractivity contribution is 7.47. The molecule has 0 spiro atoms. The van der Waals surface area contributed by atoms with Crippen molar-refractivity contribution in [2.75, 3.05) is 39.6 Å². The molecule has 19 heteroatoms. The highest BCUT2D eigenvalue weighted by atomic mass is 31.2. The molecule has 0 heterocycles. The molecule has 0 rings (SSSR count). The first-order valence-corrected chi connectivity index (χ1v) is 45.8. The summed E-state index contributed by atoms with van der Waals surface area (Å²) in [4.78, 5) is 73.1. The Bertz CT molecular complexity index is 1990. The van der Waals surface area contributed by atoms with Gasteiger partial charge in [0, 0.05) is 25.7 Å². The zero-order chi connectivity index (χ0) is 75.3. The Balaban J connectivity index is 5.23. The molecule has 102 heavy (non-hydrogen) atoms. The summed E-state index contributed by atoms with van der Waals surface area (Å²) in [6, 6.07) is 0. The van der Waals surface area contributed by atoms with Crippen molar-refractivity contribution in [1.82, 2.24) is 0 Å². The van der Waals surface area contributed by atoms with Crippen molar-refractivity contribution in [3.8, 4) is 0 Å². The Kier molecular flexibility index (Phi) is 70.6. The van der Waals surface area contributed by atoms with Gasteiger partial charge in [-0.05, 0) is 49.4 Å². The third-order valence-electron chi connectivity index (χ3n) is 20.0. The van der Waals surface area contributed by atoms with Gasteiger partial charge in [-0.2, -0.15) is 0 Å². The molecule has 0 aromatic carbocycles. The maximum Gasteiger partial charge on any atom is 0.472 e. The number of phosphoric acid groups is 2. The molecule has 7 atom stereocenters. The van der Waals surface area contributed by atoms with Gasteiger partial charge in [0.15, 0.2) is 12.2 Å². The smallest absolute Gasteiger partial charge is 0.462 e. The molecule has 0 amide bonds. The summed E-state index contributed by atoms with van der Waals surface area (Å²) in [6.07, 6.45) is 59.7. The fourth-order valence-corrected chi connectivity index (χ4v) is 14.3. The summed E-state index contributed by atoms with van der Waals surface area (Å²) in [6.45, 7) is 14.3. The monoisotopic (exact) mass is 1490 g/mol. The highest BCUT2D eigenvalue weighted by Crippen LogP contribution is 2.45. The van der Waals surface area contributed by atoms with Crippen LogP contribution in [-0.4, -0.2) is 96.7 Å². The normalized spacial score (nSPS) is 14.5. The first kappa shape index (κ1) is 100. The van der Waals surface area contributed by atoms with Crippen molar-refractivity contribution < 1.29 is 80.2 Å². The molecule has 0 radical (unpaired) electrons. The Hall–Kier alpha value is -1.94. The SMILES string of the molecule is CCC(C)CCCCCCCCCCCCCCCCC(=O)OC[C@H](COP(=O)(O)OC[C@@H](O)COP(=O)(O)OC[C@@H](COC(=O)CCCCCCCCC(C)C)OC(=O)CCCCCCCCCCCCCCCCC(C)CC)OC(=O)CCCCCCCCCCCCCCCCC(C)C. The number of aliphatic hydroxyl groups is 1. The van der Waals surface area contributed by atoms with Crippen LogP contribution in [-0.2, 0) is 65.4 Å². The summed E-state index contributed by atoms with van der Waals surface area (Å²) in [5.41, 5.74) is 0. The second kappa shape index (κ2) is 72.0. The van der Waals surface area contributed by atoms with E-state index in [4.69, 9.17) is 37.0 Å². The van der Waals surface area contributed by atoms with Gasteiger partial charge in [0.1, 0.15) is 19.3 Å². The Labute approximate surface area is 626 Å². The fourth-order valence-electron chi connectivity index (χ4n) is 12.7. The number of carbonyl (C=O) groups excluding carboxylic acids is 4. The predicted molar refractivity (Wildman–Crippen MR) is 418 cm³/mol. The van der Waals surface area contributed by atoms with Crippen LogP contribution in [0.4, 0.5) is 0 Å². The minimum Gasteiger partial charge on any atom is -0.462 e. The summed E-state index contributed by atoms with van der Waals surface area (Å²) in [5.74, 6) is 1.06. The van der Waals surface area contributed by atoms with Gasteiger partial charge in [-0.15, -0.1) is 0 Å². The van der Waals surface area contributed by atoms with Gasteiger partial charge < -0.3 is 33.8 Å². The van der Waals surface area contributed by atoms with Crippen molar-refractivity contribution in [2.45, 2.75) is 446 Å². The minimum atomic E-state index is -4.96. The van der Waals surface area contributed by atoms with E-state index < -0.39 is 97.5 Å². The van der Waals surface area contributed by atoms with Gasteiger partial charge in [0.05, 0.1) is 26.4 Å². The van der Waals surface area contributed by atoms with E-state index in [0.717, 1.165) is 114 Å². The van der Waals surface area contributed by atoms with E-state index in [1.165, 1.54) is 225 Å². The van der Waals surface area contributed by atoms with Crippen molar-refractivity contribution in [3.05, 3.63) is 0 Å². The Morgan fingerprint density at radius 2 is 0.471 bits per heavy atom. The standard InChI is InChI=1S/C83H162O17P2/c1-9-75(7)61-53-45-36-30-24-18-12-15-20-26-32-38-47-55-63-80(85)93-69-78(99-82(87)65-57-49-39-33-27-21-14-11-17-23-29-35-43-51-59-73(3)4)71-97-101(89,90)95-67-77(84)68-96-102(91,92)98-72-79(70-94-81(86)64-56-48-42-41-44-52-60-74(5)6)100-83(88)66-58-50-40-34-28-22-16-13-19-25-31-37-46-54-62-76(8)10-2/h73-79,84H,9-72H2,1-8H3,(H,89,90)(H,91,92)/t75?,76?,77-,78-,79-/m1/s1. The van der Waals surface area contributed by atoms with Gasteiger partial charge in [-0.3, -0.25) is 37.3 Å². The molecule has 0 bridgehead atoms. The average Bonchev–Trinajstić information content (AvgIpc) is 0.958. The van der Waals surface area contributed by atoms with Crippen LogP contribution in [0.5, 0.6) is 0 Å². The van der Waals surface area contributed by atoms with E-state index in [9.17, 15) is 43.2 Å². The number of esters is 4. The quantitative estimate of drug-likeness (QED) is 0.0222. The third kappa shape index (κ3) is 73.6. The molecule has 0 saturated carbocycles. The van der Waals surface area contributed by atoms with Gasteiger partial charge in [0.2, 0.25) is 0 Å². The molecule has 0 fully saturated rings. The van der Waals surface area contributed by atoms with Crippen molar-refractivity contribution in [3.63, 3.8) is 0 Å². The molecule has 0 aromatic heterocycles. The first-order chi connectivity index (χ1) is 49.2. The molecule has 0 aromatic rings.